The van der Waals surface area contributed by atoms with Gasteiger partial charge in [0.25, 0.3) is 0 Å². The summed E-state index contributed by atoms with van der Waals surface area (Å²) in [6, 6.07) is 2.84. The average Bonchev–Trinajstić information content (AvgIpc) is 2.45. The fourth-order valence-electron chi connectivity index (χ4n) is 2.13. The first-order valence-corrected chi connectivity index (χ1v) is 7.48. The van der Waals surface area contributed by atoms with Crippen LogP contribution in [0.2, 0.25) is 0 Å². The lowest BCUT2D eigenvalue weighted by molar-refractivity contribution is 0.127. The summed E-state index contributed by atoms with van der Waals surface area (Å²) in [5, 5.41) is 12.8. The molecule has 0 bridgehead atoms. The highest BCUT2D eigenvalue weighted by Crippen LogP contribution is 2.31. The first-order valence-electron chi connectivity index (χ1n) is 7.48. The minimum absolute atomic E-state index is 0.101. The quantitative estimate of drug-likeness (QED) is 0.643. The molecule has 120 valence electrons. The second kappa shape index (κ2) is 7.50. The molecule has 0 aliphatic carbocycles. The molecule has 4 N–H and O–H groups in total. The van der Waals surface area contributed by atoms with Gasteiger partial charge < -0.3 is 20.9 Å². The van der Waals surface area contributed by atoms with Crippen molar-refractivity contribution >= 4 is 11.4 Å². The van der Waals surface area contributed by atoms with Gasteiger partial charge in [0.2, 0.25) is 0 Å². The Balaban J connectivity index is 2.92. The Morgan fingerprint density at radius 3 is 2.43 bits per heavy atom. The number of benzene rings is 1. The first-order chi connectivity index (χ1) is 9.87. The summed E-state index contributed by atoms with van der Waals surface area (Å²) in [6.45, 7) is 8.45. The summed E-state index contributed by atoms with van der Waals surface area (Å²) in [5.41, 5.74) is 6.63. The Morgan fingerprint density at radius 1 is 1.33 bits per heavy atom. The summed E-state index contributed by atoms with van der Waals surface area (Å²) in [5.74, 6) is -0.282. The normalized spacial score (nSPS) is 11.8. The number of halogens is 1. The van der Waals surface area contributed by atoms with E-state index in [1.165, 1.54) is 6.07 Å². The predicted molar refractivity (Wildman–Crippen MR) is 85.2 cm³/mol. The molecule has 4 nitrogen and oxygen atoms in total. The molecule has 21 heavy (non-hydrogen) atoms. The van der Waals surface area contributed by atoms with Gasteiger partial charge in [-0.1, -0.05) is 13.8 Å². The molecule has 1 rings (SSSR count). The Kier molecular flexibility index (Phi) is 6.27. The zero-order valence-electron chi connectivity index (χ0n) is 13.4. The van der Waals surface area contributed by atoms with Gasteiger partial charge in [0.1, 0.15) is 0 Å². The third-order valence-electron chi connectivity index (χ3n) is 3.96. The van der Waals surface area contributed by atoms with E-state index in [0.29, 0.717) is 17.9 Å². The second-order valence-electron chi connectivity index (χ2n) is 5.76. The fraction of sp³-hybridized carbons (Fsp3) is 0.625. The Labute approximate surface area is 126 Å². The maximum Gasteiger partial charge on any atom is 0.167 e. The molecule has 0 saturated carbocycles. The van der Waals surface area contributed by atoms with Gasteiger partial charge in [0.15, 0.2) is 11.6 Å². The molecule has 0 amide bonds. The Hall–Kier alpha value is -1.49. The number of rotatable bonds is 8. The minimum Gasteiger partial charge on any atom is -0.488 e. The molecule has 1 aromatic carbocycles. The van der Waals surface area contributed by atoms with Crippen molar-refractivity contribution in [3.8, 4) is 5.75 Å². The van der Waals surface area contributed by atoms with Crippen LogP contribution in [0.5, 0.6) is 5.75 Å². The van der Waals surface area contributed by atoms with Crippen LogP contribution in [0.3, 0.4) is 0 Å². The van der Waals surface area contributed by atoms with Gasteiger partial charge in [-0.15, -0.1) is 0 Å². The van der Waals surface area contributed by atoms with Crippen LogP contribution in [0.25, 0.3) is 0 Å². The van der Waals surface area contributed by atoms with Crippen LogP contribution in [-0.2, 0) is 0 Å². The van der Waals surface area contributed by atoms with E-state index >= 15 is 0 Å². The molecule has 0 radical (unpaired) electrons. The van der Waals surface area contributed by atoms with Crippen molar-refractivity contribution in [1.29, 1.82) is 0 Å². The molecule has 0 atom stereocenters. The third-order valence-corrected chi connectivity index (χ3v) is 3.96. The highest BCUT2D eigenvalue weighted by molar-refractivity contribution is 5.68. The van der Waals surface area contributed by atoms with E-state index in [4.69, 9.17) is 10.5 Å². The summed E-state index contributed by atoms with van der Waals surface area (Å²) >= 11 is 0. The standard InChI is InChI=1S/C16H27FN2O2/c1-5-16(6-2,10-20)9-19-14-8-15(21-11(3)4)12(17)7-13(14)18/h7-8,11,19-20H,5-6,9-10,18H2,1-4H3. The number of nitrogens with two attached hydrogens (primary N) is 1. The maximum absolute atomic E-state index is 13.8. The highest BCUT2D eigenvalue weighted by atomic mass is 19.1. The van der Waals surface area contributed by atoms with Crippen molar-refractivity contribution in [3.05, 3.63) is 17.9 Å². The van der Waals surface area contributed by atoms with Crippen molar-refractivity contribution < 1.29 is 14.2 Å². The highest BCUT2D eigenvalue weighted by Gasteiger charge is 2.25. The number of aliphatic hydroxyl groups excluding tert-OH is 1. The second-order valence-corrected chi connectivity index (χ2v) is 5.76. The van der Waals surface area contributed by atoms with Gasteiger partial charge in [-0.2, -0.15) is 0 Å². The van der Waals surface area contributed by atoms with E-state index in [2.05, 4.69) is 5.32 Å². The van der Waals surface area contributed by atoms with Crippen LogP contribution in [0.4, 0.5) is 15.8 Å². The van der Waals surface area contributed by atoms with Crippen molar-refractivity contribution in [2.45, 2.75) is 46.6 Å². The smallest absolute Gasteiger partial charge is 0.167 e. The van der Waals surface area contributed by atoms with Crippen molar-refractivity contribution in [1.82, 2.24) is 0 Å². The van der Waals surface area contributed by atoms with Gasteiger partial charge in [0, 0.05) is 24.1 Å². The van der Waals surface area contributed by atoms with Crippen LogP contribution in [-0.4, -0.2) is 24.4 Å². The number of hydrogen-bond donors (Lipinski definition) is 3. The molecule has 0 aliphatic heterocycles. The lowest BCUT2D eigenvalue weighted by Crippen LogP contribution is -2.32. The van der Waals surface area contributed by atoms with Gasteiger partial charge in [0.05, 0.1) is 24.1 Å². The molecular formula is C16H27FN2O2. The van der Waals surface area contributed by atoms with Crippen molar-refractivity contribution in [2.24, 2.45) is 5.41 Å². The molecule has 0 aromatic heterocycles. The Morgan fingerprint density at radius 2 is 1.95 bits per heavy atom. The third kappa shape index (κ3) is 4.49. The molecule has 0 fully saturated rings. The summed E-state index contributed by atoms with van der Waals surface area (Å²) in [6.07, 6.45) is 1.59. The van der Waals surface area contributed by atoms with Crippen molar-refractivity contribution in [3.63, 3.8) is 0 Å². The number of aliphatic hydroxyl groups is 1. The van der Waals surface area contributed by atoms with Crippen LogP contribution < -0.4 is 15.8 Å². The first kappa shape index (κ1) is 17.6. The lowest BCUT2D eigenvalue weighted by atomic mass is 9.83. The van der Waals surface area contributed by atoms with Gasteiger partial charge in [-0.25, -0.2) is 4.39 Å². The minimum atomic E-state index is -0.467. The van der Waals surface area contributed by atoms with Gasteiger partial charge >= 0.3 is 0 Å². The average molecular weight is 298 g/mol. The van der Waals surface area contributed by atoms with Crippen molar-refractivity contribution in [2.75, 3.05) is 24.2 Å². The summed E-state index contributed by atoms with van der Waals surface area (Å²) in [4.78, 5) is 0. The fourth-order valence-corrected chi connectivity index (χ4v) is 2.13. The largest absolute Gasteiger partial charge is 0.488 e. The van der Waals surface area contributed by atoms with E-state index in [9.17, 15) is 9.50 Å². The summed E-state index contributed by atoms with van der Waals surface area (Å²) < 4.78 is 19.2. The topological polar surface area (TPSA) is 67.5 Å². The molecule has 0 saturated heterocycles. The van der Waals surface area contributed by atoms with Crippen LogP contribution >= 0.6 is 0 Å². The van der Waals surface area contributed by atoms with E-state index in [1.807, 2.05) is 27.7 Å². The Bertz CT molecular complexity index is 452. The number of nitrogen functional groups attached to an aromatic ring is 1. The molecule has 0 heterocycles. The van der Waals surface area contributed by atoms with Crippen LogP contribution in [0.1, 0.15) is 40.5 Å². The van der Waals surface area contributed by atoms with E-state index in [1.54, 1.807) is 6.07 Å². The zero-order valence-corrected chi connectivity index (χ0v) is 13.4. The van der Waals surface area contributed by atoms with E-state index in [-0.39, 0.29) is 23.9 Å². The number of anilines is 2. The maximum atomic E-state index is 13.8. The molecular weight excluding hydrogens is 271 g/mol. The van der Waals surface area contributed by atoms with E-state index < -0.39 is 5.82 Å². The zero-order chi connectivity index (χ0) is 16.0. The number of nitrogens with one attached hydrogen (secondary N) is 1. The molecule has 5 heteroatoms. The van der Waals surface area contributed by atoms with E-state index in [0.717, 1.165) is 12.8 Å². The van der Waals surface area contributed by atoms with Gasteiger partial charge in [-0.3, -0.25) is 0 Å². The lowest BCUT2D eigenvalue weighted by Gasteiger charge is -2.30. The van der Waals surface area contributed by atoms with Crippen LogP contribution in [0.15, 0.2) is 12.1 Å². The van der Waals surface area contributed by atoms with Crippen LogP contribution in [0, 0.1) is 11.2 Å². The molecule has 0 spiro atoms. The number of ether oxygens (including phenoxy) is 1. The monoisotopic (exact) mass is 298 g/mol. The molecule has 1 aromatic rings. The SMILES string of the molecule is CCC(CC)(CO)CNc1cc(OC(C)C)c(F)cc1N. The summed E-state index contributed by atoms with van der Waals surface area (Å²) in [7, 11) is 0. The molecule has 0 aliphatic rings. The predicted octanol–water partition coefficient (Wildman–Crippen LogP) is 3.41. The molecule has 0 unspecified atom stereocenters. The number of hydrogen-bond acceptors (Lipinski definition) is 4. The van der Waals surface area contributed by atoms with Gasteiger partial charge in [-0.05, 0) is 26.7 Å².